The van der Waals surface area contributed by atoms with Gasteiger partial charge >= 0.3 is 0 Å². The summed E-state index contributed by atoms with van der Waals surface area (Å²) in [4.78, 5) is 23.8. The maximum Gasteiger partial charge on any atom is 0.293 e. The van der Waals surface area contributed by atoms with Crippen molar-refractivity contribution in [1.82, 2.24) is 20.2 Å². The number of nitrogens with one attached hydrogen (secondary N) is 1. The van der Waals surface area contributed by atoms with Crippen molar-refractivity contribution in [3.8, 4) is 0 Å². The molecular formula is C17H16N6O3S. The van der Waals surface area contributed by atoms with E-state index in [1.807, 2.05) is 30.3 Å². The fourth-order valence-electron chi connectivity index (χ4n) is 2.42. The number of hydrogen-bond acceptors (Lipinski definition) is 7. The minimum Gasteiger partial charge on any atom is -0.319 e. The van der Waals surface area contributed by atoms with Crippen LogP contribution in [0.25, 0.3) is 0 Å². The molecular weight excluding hydrogens is 368 g/mol. The van der Waals surface area contributed by atoms with Crippen LogP contribution in [0.1, 0.15) is 16.4 Å². The Hall–Kier alpha value is -3.27. The molecule has 1 N–H and O–H groups in total. The van der Waals surface area contributed by atoms with Crippen molar-refractivity contribution in [2.24, 2.45) is 7.05 Å². The number of nitro groups is 1. The fraction of sp³-hybridized carbons (Fsp3) is 0.176. The highest BCUT2D eigenvalue weighted by Gasteiger charge is 2.26. The van der Waals surface area contributed by atoms with Gasteiger partial charge in [0.05, 0.1) is 4.92 Å². The lowest BCUT2D eigenvalue weighted by Crippen LogP contribution is -2.20. The minimum absolute atomic E-state index is 0.147. The van der Waals surface area contributed by atoms with Crippen molar-refractivity contribution in [3.05, 3.63) is 69.8 Å². The van der Waals surface area contributed by atoms with Crippen molar-refractivity contribution in [2.45, 2.75) is 17.3 Å². The smallest absolute Gasteiger partial charge is 0.293 e. The van der Waals surface area contributed by atoms with Crippen LogP contribution in [0, 0.1) is 17.0 Å². The van der Waals surface area contributed by atoms with Crippen molar-refractivity contribution in [1.29, 1.82) is 0 Å². The summed E-state index contributed by atoms with van der Waals surface area (Å²) in [6.45, 7) is 1.75. The second-order valence-corrected chi connectivity index (χ2v) is 6.83. The lowest BCUT2D eigenvalue weighted by atomic mass is 10.1. The largest absolute Gasteiger partial charge is 0.319 e. The van der Waals surface area contributed by atoms with Gasteiger partial charge in [-0.05, 0) is 34.5 Å². The number of benzene rings is 2. The summed E-state index contributed by atoms with van der Waals surface area (Å²) < 4.78 is 1.46. The number of amides is 1. The molecule has 0 spiro atoms. The third-order valence-electron chi connectivity index (χ3n) is 3.75. The summed E-state index contributed by atoms with van der Waals surface area (Å²) in [5.41, 5.74) is 1.46. The van der Waals surface area contributed by atoms with Gasteiger partial charge in [-0.15, -0.1) is 5.10 Å². The summed E-state index contributed by atoms with van der Waals surface area (Å²) in [7, 11) is 1.67. The number of hydrogen-bond donors (Lipinski definition) is 1. The average molecular weight is 384 g/mol. The van der Waals surface area contributed by atoms with Crippen molar-refractivity contribution < 1.29 is 9.72 Å². The molecule has 1 heterocycles. The Morgan fingerprint density at radius 2 is 2.00 bits per heavy atom. The number of aromatic nitrogens is 4. The zero-order chi connectivity index (χ0) is 19.4. The summed E-state index contributed by atoms with van der Waals surface area (Å²) >= 11 is 1.16. The molecule has 138 valence electrons. The number of nitrogens with zero attached hydrogens (tertiary/aromatic N) is 5. The third-order valence-corrected chi connectivity index (χ3v) is 5.03. The second kappa shape index (κ2) is 7.96. The van der Waals surface area contributed by atoms with E-state index in [2.05, 4.69) is 20.8 Å². The monoisotopic (exact) mass is 384 g/mol. The molecule has 0 aliphatic carbocycles. The molecule has 3 aromatic rings. The highest BCUT2D eigenvalue weighted by atomic mass is 32.2. The Morgan fingerprint density at radius 1 is 1.26 bits per heavy atom. The predicted octanol–water partition coefficient (Wildman–Crippen LogP) is 2.90. The third kappa shape index (κ3) is 4.29. The molecule has 9 nitrogen and oxygen atoms in total. The van der Waals surface area contributed by atoms with Crippen molar-refractivity contribution in [3.63, 3.8) is 0 Å². The van der Waals surface area contributed by atoms with Gasteiger partial charge in [-0.1, -0.05) is 48.2 Å². The first-order chi connectivity index (χ1) is 13.0. The number of thioether (sulfide) groups is 1. The van der Waals surface area contributed by atoms with Crippen LogP contribution in [0.5, 0.6) is 0 Å². The number of anilines is 1. The standard InChI is InChI=1S/C17H16N6O3S/c1-11-8-9-13(14(10-11)23(25)26)18-16(24)15(12-6-4-3-5-7-12)27-17-19-20-21-22(17)2/h3-10,15H,1-2H3,(H,18,24)/t15-/m0/s1. The van der Waals surface area contributed by atoms with Gasteiger partial charge in [0.25, 0.3) is 5.69 Å². The maximum atomic E-state index is 13.0. The molecule has 10 heteroatoms. The van der Waals surface area contributed by atoms with Crippen LogP contribution in [-0.4, -0.2) is 31.0 Å². The molecule has 1 amide bonds. The zero-order valence-corrected chi connectivity index (χ0v) is 15.4. The van der Waals surface area contributed by atoms with Gasteiger partial charge in [0, 0.05) is 13.1 Å². The van der Waals surface area contributed by atoms with Gasteiger partial charge in [0.1, 0.15) is 10.9 Å². The molecule has 0 unspecified atom stereocenters. The molecule has 0 aliphatic heterocycles. The molecule has 0 saturated carbocycles. The average Bonchev–Trinajstić information content (AvgIpc) is 3.06. The molecule has 3 rings (SSSR count). The minimum atomic E-state index is -0.684. The Bertz CT molecular complexity index is 976. The van der Waals surface area contributed by atoms with Crippen LogP contribution in [0.2, 0.25) is 0 Å². The van der Waals surface area contributed by atoms with Crippen molar-refractivity contribution in [2.75, 3.05) is 5.32 Å². The lowest BCUT2D eigenvalue weighted by Gasteiger charge is -2.16. The number of carbonyl (C=O) groups is 1. The molecule has 1 atom stereocenters. The summed E-state index contributed by atoms with van der Waals surface area (Å²) in [5, 5.41) is 25.0. The number of tetrazole rings is 1. The van der Waals surface area contributed by atoms with E-state index in [1.54, 1.807) is 20.0 Å². The van der Waals surface area contributed by atoms with Crippen LogP contribution in [0.3, 0.4) is 0 Å². The van der Waals surface area contributed by atoms with E-state index < -0.39 is 16.1 Å². The topological polar surface area (TPSA) is 116 Å². The SMILES string of the molecule is Cc1ccc(NC(=O)[C@@H](Sc2nnnn2C)c2ccccc2)c([N+](=O)[O-])c1. The molecule has 1 aromatic heterocycles. The van der Waals surface area contributed by atoms with E-state index in [9.17, 15) is 14.9 Å². The van der Waals surface area contributed by atoms with E-state index in [-0.39, 0.29) is 11.4 Å². The molecule has 0 fully saturated rings. The zero-order valence-electron chi connectivity index (χ0n) is 14.6. The fourth-order valence-corrected chi connectivity index (χ4v) is 3.37. The van der Waals surface area contributed by atoms with E-state index in [0.29, 0.717) is 5.16 Å². The molecule has 0 bridgehead atoms. The Kier molecular flexibility index (Phi) is 5.46. The van der Waals surface area contributed by atoms with E-state index in [4.69, 9.17) is 0 Å². The highest BCUT2D eigenvalue weighted by molar-refractivity contribution is 8.00. The molecule has 27 heavy (non-hydrogen) atoms. The summed E-state index contributed by atoms with van der Waals surface area (Å²) in [5.74, 6) is -0.402. The molecule has 0 radical (unpaired) electrons. The van der Waals surface area contributed by atoms with Gasteiger partial charge in [-0.25, -0.2) is 4.68 Å². The molecule has 2 aromatic carbocycles. The van der Waals surface area contributed by atoms with Gasteiger partial charge in [-0.2, -0.15) is 0 Å². The predicted molar refractivity (Wildman–Crippen MR) is 100 cm³/mol. The van der Waals surface area contributed by atoms with Gasteiger partial charge in [0.2, 0.25) is 11.1 Å². The first-order valence-corrected chi connectivity index (χ1v) is 8.83. The van der Waals surface area contributed by atoms with Crippen molar-refractivity contribution >= 4 is 29.0 Å². The molecule has 0 saturated heterocycles. The van der Waals surface area contributed by atoms with Crippen LogP contribution in [-0.2, 0) is 11.8 Å². The number of rotatable bonds is 6. The summed E-state index contributed by atoms with van der Waals surface area (Å²) in [6.07, 6.45) is 0. The Balaban J connectivity index is 1.92. The van der Waals surface area contributed by atoms with Crippen LogP contribution < -0.4 is 5.32 Å². The van der Waals surface area contributed by atoms with E-state index in [1.165, 1.54) is 16.8 Å². The lowest BCUT2D eigenvalue weighted by molar-refractivity contribution is -0.384. The first-order valence-electron chi connectivity index (χ1n) is 7.95. The maximum absolute atomic E-state index is 13.0. The molecule has 0 aliphatic rings. The second-order valence-electron chi connectivity index (χ2n) is 5.76. The highest BCUT2D eigenvalue weighted by Crippen LogP contribution is 2.35. The number of nitro benzene ring substituents is 1. The van der Waals surface area contributed by atoms with Crippen LogP contribution >= 0.6 is 11.8 Å². The summed E-state index contributed by atoms with van der Waals surface area (Å²) in [6, 6.07) is 13.8. The van der Waals surface area contributed by atoms with Gasteiger partial charge in [-0.3, -0.25) is 14.9 Å². The van der Waals surface area contributed by atoms with E-state index >= 15 is 0 Å². The Labute approximate surface area is 158 Å². The Morgan fingerprint density at radius 3 is 2.63 bits per heavy atom. The quantitative estimate of drug-likeness (QED) is 0.394. The first kappa shape index (κ1) is 18.5. The number of carbonyl (C=O) groups excluding carboxylic acids is 1. The van der Waals surface area contributed by atoms with Crippen LogP contribution in [0.15, 0.2) is 53.7 Å². The van der Waals surface area contributed by atoms with Gasteiger partial charge in [0.15, 0.2) is 0 Å². The van der Waals surface area contributed by atoms with E-state index in [0.717, 1.165) is 22.9 Å². The van der Waals surface area contributed by atoms with Crippen LogP contribution in [0.4, 0.5) is 11.4 Å². The number of aryl methyl sites for hydroxylation is 2. The van der Waals surface area contributed by atoms with Gasteiger partial charge < -0.3 is 5.32 Å². The normalized spacial score (nSPS) is 11.8.